The summed E-state index contributed by atoms with van der Waals surface area (Å²) in [6.07, 6.45) is 2.80. The lowest BCUT2D eigenvalue weighted by molar-refractivity contribution is -0.384. The number of carbonyl (C=O) groups is 1. The molecule has 2 N–H and O–H groups in total. The van der Waals surface area contributed by atoms with Crippen molar-refractivity contribution in [3.05, 3.63) is 56.2 Å². The van der Waals surface area contributed by atoms with Crippen molar-refractivity contribution in [3.63, 3.8) is 0 Å². The molecule has 1 fully saturated rings. The van der Waals surface area contributed by atoms with Gasteiger partial charge in [-0.3, -0.25) is 14.9 Å². The molecule has 0 atom stereocenters. The summed E-state index contributed by atoms with van der Waals surface area (Å²) in [5, 5.41) is 24.7. The molecular weight excluding hydrogens is 416 g/mol. The van der Waals surface area contributed by atoms with Crippen LogP contribution in [0.2, 0.25) is 0 Å². The number of nitro benzene ring substituents is 1. The smallest absolute Gasteiger partial charge is 0.306 e. The Bertz CT molecular complexity index is 1150. The molecule has 2 heterocycles. The summed E-state index contributed by atoms with van der Waals surface area (Å²) in [5.41, 5.74) is 1.99. The summed E-state index contributed by atoms with van der Waals surface area (Å²) >= 11 is 1.63. The van der Waals surface area contributed by atoms with Crippen LogP contribution in [0.4, 0.5) is 11.5 Å². The Morgan fingerprint density at radius 2 is 2.00 bits per heavy atom. The number of benzene rings is 1. The van der Waals surface area contributed by atoms with E-state index in [-0.39, 0.29) is 17.5 Å². The van der Waals surface area contributed by atoms with Gasteiger partial charge in [-0.1, -0.05) is 12.1 Å². The van der Waals surface area contributed by atoms with Crippen LogP contribution in [0.5, 0.6) is 0 Å². The maximum absolute atomic E-state index is 11.3. The van der Waals surface area contributed by atoms with E-state index in [0.29, 0.717) is 19.4 Å². The third kappa shape index (κ3) is 4.36. The summed E-state index contributed by atoms with van der Waals surface area (Å²) in [5.74, 6) is 0.616. The predicted molar refractivity (Wildman–Crippen MR) is 120 cm³/mol. The molecule has 0 spiro atoms. The van der Waals surface area contributed by atoms with E-state index >= 15 is 0 Å². The molecule has 1 aliphatic rings. The minimum Gasteiger partial charge on any atom is -0.481 e. The zero-order valence-electron chi connectivity index (χ0n) is 17.4. The molecule has 1 aromatic carbocycles. The van der Waals surface area contributed by atoms with Crippen molar-refractivity contribution in [3.8, 4) is 0 Å². The highest BCUT2D eigenvalue weighted by atomic mass is 32.1. The molecule has 0 unspecified atom stereocenters. The number of aliphatic carboxylic acids is 1. The first-order chi connectivity index (χ1) is 14.8. The van der Waals surface area contributed by atoms with Gasteiger partial charge < -0.3 is 10.4 Å². The number of hydrogen-bond acceptors (Lipinski definition) is 7. The standard InChI is InChI=1S/C22H24N4O4S/c1-12-13(2)31-21-18(12)20(23-11-14-4-3-5-17(10-14)26(29)30)24-19(25-21)15-6-8-16(9-7-15)22(27)28/h3-5,10,15-16H,6-9,11H2,1-2H3,(H,27,28)(H,23,24,25). The lowest BCUT2D eigenvalue weighted by atomic mass is 9.81. The van der Waals surface area contributed by atoms with Crippen LogP contribution in [0, 0.1) is 29.9 Å². The van der Waals surface area contributed by atoms with Crippen LogP contribution >= 0.6 is 11.3 Å². The second-order valence-corrected chi connectivity index (χ2v) is 9.26. The monoisotopic (exact) mass is 440 g/mol. The predicted octanol–water partition coefficient (Wildman–Crippen LogP) is 5.19. The van der Waals surface area contributed by atoms with Gasteiger partial charge in [0.2, 0.25) is 0 Å². The number of carboxylic acids is 1. The Kier molecular flexibility index (Phi) is 5.86. The van der Waals surface area contributed by atoms with Crippen LogP contribution in [-0.4, -0.2) is 26.0 Å². The van der Waals surface area contributed by atoms with E-state index in [0.717, 1.165) is 45.8 Å². The topological polar surface area (TPSA) is 118 Å². The van der Waals surface area contributed by atoms with Crippen LogP contribution in [0.15, 0.2) is 24.3 Å². The third-order valence-electron chi connectivity index (χ3n) is 6.07. The van der Waals surface area contributed by atoms with Crippen LogP contribution in [-0.2, 0) is 11.3 Å². The molecule has 2 aromatic heterocycles. The number of non-ortho nitro benzene ring substituents is 1. The van der Waals surface area contributed by atoms with Crippen molar-refractivity contribution in [1.82, 2.24) is 9.97 Å². The van der Waals surface area contributed by atoms with E-state index in [9.17, 15) is 20.0 Å². The summed E-state index contributed by atoms with van der Waals surface area (Å²) in [7, 11) is 0. The van der Waals surface area contributed by atoms with Crippen LogP contribution in [0.25, 0.3) is 10.2 Å². The Balaban J connectivity index is 1.63. The lowest BCUT2D eigenvalue weighted by Gasteiger charge is -2.25. The van der Waals surface area contributed by atoms with Gasteiger partial charge in [-0.15, -0.1) is 11.3 Å². The van der Waals surface area contributed by atoms with E-state index in [1.54, 1.807) is 23.5 Å². The van der Waals surface area contributed by atoms with Crippen molar-refractivity contribution in [2.45, 2.75) is 52.0 Å². The molecular formula is C22H24N4O4S. The Morgan fingerprint density at radius 3 is 2.68 bits per heavy atom. The first-order valence-corrected chi connectivity index (χ1v) is 11.1. The summed E-state index contributed by atoms with van der Waals surface area (Å²) in [6.45, 7) is 4.52. The SMILES string of the molecule is Cc1sc2nc(C3CCC(C(=O)O)CC3)nc(NCc3cccc([N+](=O)[O-])c3)c2c1C. The number of rotatable bonds is 6. The van der Waals surface area contributed by atoms with Gasteiger partial charge in [-0.05, 0) is 50.7 Å². The van der Waals surface area contributed by atoms with Gasteiger partial charge in [0.1, 0.15) is 16.5 Å². The molecule has 0 amide bonds. The minimum atomic E-state index is -0.723. The van der Waals surface area contributed by atoms with E-state index < -0.39 is 10.9 Å². The first kappa shape index (κ1) is 21.2. The number of nitro groups is 1. The Labute approximate surface area is 183 Å². The number of aromatic nitrogens is 2. The van der Waals surface area contributed by atoms with E-state index in [1.807, 2.05) is 13.0 Å². The lowest BCUT2D eigenvalue weighted by Crippen LogP contribution is -2.21. The zero-order chi connectivity index (χ0) is 22.1. The number of anilines is 1. The number of hydrogen-bond donors (Lipinski definition) is 2. The van der Waals surface area contributed by atoms with Crippen molar-refractivity contribution in [2.24, 2.45) is 5.92 Å². The fourth-order valence-electron chi connectivity index (χ4n) is 4.14. The summed E-state index contributed by atoms with van der Waals surface area (Å²) in [4.78, 5) is 33.7. The second-order valence-electron chi connectivity index (χ2n) is 8.06. The van der Waals surface area contributed by atoms with Gasteiger partial charge in [-0.2, -0.15) is 0 Å². The first-order valence-electron chi connectivity index (χ1n) is 10.3. The van der Waals surface area contributed by atoms with Crippen LogP contribution in [0.1, 0.15) is 53.4 Å². The van der Waals surface area contributed by atoms with Crippen LogP contribution in [0.3, 0.4) is 0 Å². The molecule has 0 saturated heterocycles. The number of carboxylic acid groups (broad SMARTS) is 1. The molecule has 0 aliphatic heterocycles. The minimum absolute atomic E-state index is 0.0607. The average Bonchev–Trinajstić information content (AvgIpc) is 3.05. The largest absolute Gasteiger partial charge is 0.481 e. The van der Waals surface area contributed by atoms with Crippen molar-refractivity contribution < 1.29 is 14.8 Å². The molecule has 8 nitrogen and oxygen atoms in total. The molecule has 9 heteroatoms. The van der Waals surface area contributed by atoms with Gasteiger partial charge in [0.05, 0.1) is 16.2 Å². The van der Waals surface area contributed by atoms with E-state index in [4.69, 9.17) is 9.97 Å². The molecule has 0 radical (unpaired) electrons. The fraction of sp³-hybridized carbons (Fsp3) is 0.409. The quantitative estimate of drug-likeness (QED) is 0.400. The second kappa shape index (κ2) is 8.58. The van der Waals surface area contributed by atoms with Gasteiger partial charge in [0.15, 0.2) is 0 Å². The van der Waals surface area contributed by atoms with E-state index in [1.165, 1.54) is 10.9 Å². The highest BCUT2D eigenvalue weighted by molar-refractivity contribution is 7.18. The fourth-order valence-corrected chi connectivity index (χ4v) is 5.18. The average molecular weight is 441 g/mol. The van der Waals surface area contributed by atoms with Crippen molar-refractivity contribution in [2.75, 3.05) is 5.32 Å². The number of fused-ring (bicyclic) bond motifs is 1. The van der Waals surface area contributed by atoms with E-state index in [2.05, 4.69) is 12.2 Å². The highest BCUT2D eigenvalue weighted by Gasteiger charge is 2.29. The maximum Gasteiger partial charge on any atom is 0.306 e. The van der Waals surface area contributed by atoms with Gasteiger partial charge in [0, 0.05) is 29.5 Å². The number of aryl methyl sites for hydroxylation is 2. The highest BCUT2D eigenvalue weighted by Crippen LogP contribution is 2.39. The van der Waals surface area contributed by atoms with Gasteiger partial charge in [0.25, 0.3) is 5.69 Å². The Hall–Kier alpha value is -3.07. The maximum atomic E-state index is 11.3. The zero-order valence-corrected chi connectivity index (χ0v) is 18.2. The molecule has 1 saturated carbocycles. The molecule has 3 aromatic rings. The summed E-state index contributed by atoms with van der Waals surface area (Å²) < 4.78 is 0. The Morgan fingerprint density at radius 1 is 1.26 bits per heavy atom. The normalized spacial score (nSPS) is 18.8. The summed E-state index contributed by atoms with van der Waals surface area (Å²) in [6, 6.07) is 6.56. The number of nitrogens with zero attached hydrogens (tertiary/aromatic N) is 3. The molecule has 0 bridgehead atoms. The van der Waals surface area contributed by atoms with Gasteiger partial charge in [-0.25, -0.2) is 9.97 Å². The van der Waals surface area contributed by atoms with Crippen molar-refractivity contribution in [1.29, 1.82) is 0 Å². The number of nitrogens with one attached hydrogen (secondary N) is 1. The molecule has 1 aliphatic carbocycles. The molecule has 31 heavy (non-hydrogen) atoms. The van der Waals surface area contributed by atoms with Crippen LogP contribution < -0.4 is 5.32 Å². The number of thiophene rings is 1. The van der Waals surface area contributed by atoms with Gasteiger partial charge >= 0.3 is 5.97 Å². The third-order valence-corrected chi connectivity index (χ3v) is 7.17. The molecule has 4 rings (SSSR count). The molecule has 162 valence electrons. The van der Waals surface area contributed by atoms with Crippen molar-refractivity contribution >= 4 is 39.0 Å².